The highest BCUT2D eigenvalue weighted by atomic mass is 16.7. The molecule has 326 valence electrons. The van der Waals surface area contributed by atoms with Gasteiger partial charge in [-0.2, -0.15) is 0 Å². The SMILES string of the molecule is CC(=O)OC[C@@]12[C@H](OC(C)=O)[C@H](OC(=O)c3ccco3)C3[C@@H](OC(C)=O)C14O[C@@]3(C)COC(=O)c1cccnc1CC(C)C(C)(O)C(=O)O[C@@]4(C)[C@@H](O)[C@H](O)[C@@H]2OC(C)=O. The molecule has 3 bridgehead atoms. The topological polar surface area (TPSA) is 280 Å². The van der Waals surface area contributed by atoms with E-state index in [4.69, 9.17) is 42.3 Å². The van der Waals surface area contributed by atoms with Crippen molar-refractivity contribution >= 4 is 41.8 Å². The van der Waals surface area contributed by atoms with Gasteiger partial charge in [0.25, 0.3) is 0 Å². The van der Waals surface area contributed by atoms with E-state index in [0.29, 0.717) is 0 Å². The second-order valence-corrected chi connectivity index (χ2v) is 16.2. The van der Waals surface area contributed by atoms with Crippen molar-refractivity contribution in [1.29, 1.82) is 0 Å². The van der Waals surface area contributed by atoms with Crippen LogP contribution in [0.1, 0.15) is 82.0 Å². The van der Waals surface area contributed by atoms with Gasteiger partial charge in [0.1, 0.15) is 54.7 Å². The number of carbonyl (C=O) groups excluding carboxylic acids is 7. The Morgan fingerprint density at radius 3 is 2.10 bits per heavy atom. The molecule has 6 rings (SSSR count). The second-order valence-electron chi connectivity index (χ2n) is 16.2. The summed E-state index contributed by atoms with van der Waals surface area (Å²) in [7, 11) is 0. The number of hydrogen-bond donors (Lipinski definition) is 3. The van der Waals surface area contributed by atoms with Crippen LogP contribution in [0.25, 0.3) is 0 Å². The molecule has 3 N–H and O–H groups in total. The Balaban J connectivity index is 1.78. The zero-order chi connectivity index (χ0) is 44.3. The molecule has 20 heteroatoms. The largest absolute Gasteiger partial charge is 0.465 e. The lowest BCUT2D eigenvalue weighted by molar-refractivity contribution is -0.388. The number of pyridine rings is 1. The van der Waals surface area contributed by atoms with Crippen molar-refractivity contribution in [2.45, 2.75) is 121 Å². The van der Waals surface area contributed by atoms with Crippen LogP contribution in [0.5, 0.6) is 0 Å². The first kappa shape index (κ1) is 44.1. The molecule has 60 heavy (non-hydrogen) atoms. The minimum absolute atomic E-state index is 0.0800. The Morgan fingerprint density at radius 2 is 1.50 bits per heavy atom. The summed E-state index contributed by atoms with van der Waals surface area (Å²) in [6, 6.07) is 5.44. The third kappa shape index (κ3) is 6.78. The third-order valence-corrected chi connectivity index (χ3v) is 12.3. The first-order chi connectivity index (χ1) is 28.0. The molecule has 2 aliphatic heterocycles. The predicted molar refractivity (Wildman–Crippen MR) is 194 cm³/mol. The summed E-state index contributed by atoms with van der Waals surface area (Å²) in [6.07, 6.45) is -10.8. The Labute approximate surface area is 342 Å². The summed E-state index contributed by atoms with van der Waals surface area (Å²) in [4.78, 5) is 99.7. The van der Waals surface area contributed by atoms with Crippen LogP contribution in [0.2, 0.25) is 0 Å². The van der Waals surface area contributed by atoms with Gasteiger partial charge in [-0.1, -0.05) is 6.92 Å². The van der Waals surface area contributed by atoms with Crippen LogP contribution in [-0.4, -0.2) is 134 Å². The van der Waals surface area contributed by atoms with Crippen molar-refractivity contribution in [2.75, 3.05) is 13.2 Å². The van der Waals surface area contributed by atoms with E-state index in [1.165, 1.54) is 44.3 Å². The van der Waals surface area contributed by atoms with Crippen molar-refractivity contribution in [2.24, 2.45) is 17.3 Å². The molecule has 4 unspecified atom stereocenters. The lowest BCUT2D eigenvalue weighted by Crippen LogP contribution is -2.89. The first-order valence-electron chi connectivity index (χ1n) is 19.0. The maximum Gasteiger partial charge on any atom is 0.374 e. The molecule has 4 heterocycles. The van der Waals surface area contributed by atoms with E-state index < -0.39 is 131 Å². The molecule has 1 spiro atoms. The standard InChI is InChI=1S/C40H47NO19/c1-18-15-24-23(11-9-13-41-24)33(48)54-16-36(6)26-28(58-34(49)25-12-10-14-52-25)32(57-22(5)45)39(17-53-19(2)42)31(56-21(4)44)27(46)29(47)38(8,59-35(50)37(18,7)51)40(39,60-36)30(26)55-20(3)43/h9-14,18,26-32,46-47,51H,15-17H2,1-8H3/t18?,26?,27-,28+,29-,30+,31-,32+,36-,37?,38-,39+,40?/m0/s1. The van der Waals surface area contributed by atoms with Crippen molar-refractivity contribution in [3.63, 3.8) is 0 Å². The number of esters is 7. The number of hydrogen-bond acceptors (Lipinski definition) is 20. The van der Waals surface area contributed by atoms with E-state index >= 15 is 0 Å². The van der Waals surface area contributed by atoms with Gasteiger partial charge < -0.3 is 57.6 Å². The molecule has 2 aliphatic carbocycles. The van der Waals surface area contributed by atoms with E-state index in [1.54, 1.807) is 0 Å². The number of aliphatic hydroxyl groups excluding tert-OH is 2. The monoisotopic (exact) mass is 845 g/mol. The quantitative estimate of drug-likeness (QED) is 0.253. The Bertz CT molecular complexity index is 2070. The summed E-state index contributed by atoms with van der Waals surface area (Å²) in [6.45, 7) is 6.80. The van der Waals surface area contributed by atoms with Crippen LogP contribution in [0.15, 0.2) is 41.1 Å². The van der Waals surface area contributed by atoms with Gasteiger partial charge in [0.05, 0.1) is 23.4 Å². The molecule has 0 aromatic carbocycles. The molecule has 0 amide bonds. The summed E-state index contributed by atoms with van der Waals surface area (Å²) in [5.41, 5.74) is -13.1. The normalized spacial score (nSPS) is 38.5. The zero-order valence-corrected chi connectivity index (χ0v) is 34.0. The number of furan rings is 1. The molecule has 3 fully saturated rings. The molecule has 2 aromatic heterocycles. The molecule has 13 atom stereocenters. The average molecular weight is 846 g/mol. The Kier molecular flexibility index (Phi) is 11.4. The van der Waals surface area contributed by atoms with Gasteiger partial charge in [0.15, 0.2) is 22.9 Å². The van der Waals surface area contributed by atoms with Crippen LogP contribution >= 0.6 is 0 Å². The molecule has 1 saturated heterocycles. The van der Waals surface area contributed by atoms with E-state index in [2.05, 4.69) is 4.98 Å². The van der Waals surface area contributed by atoms with E-state index in [1.807, 2.05) is 0 Å². The molecular formula is C40H47NO19. The zero-order valence-electron chi connectivity index (χ0n) is 34.0. The smallest absolute Gasteiger partial charge is 0.374 e. The fraction of sp³-hybridized carbons (Fsp3) is 0.600. The van der Waals surface area contributed by atoms with E-state index in [-0.39, 0.29) is 23.4 Å². The van der Waals surface area contributed by atoms with Gasteiger partial charge in [-0.3, -0.25) is 24.2 Å². The van der Waals surface area contributed by atoms with Gasteiger partial charge in [-0.25, -0.2) is 14.4 Å². The van der Waals surface area contributed by atoms with E-state index in [9.17, 15) is 48.9 Å². The Morgan fingerprint density at radius 1 is 0.867 bits per heavy atom. The van der Waals surface area contributed by atoms with Crippen LogP contribution in [0.4, 0.5) is 0 Å². The van der Waals surface area contributed by atoms with Crippen molar-refractivity contribution in [3.8, 4) is 0 Å². The number of aromatic nitrogens is 1. The number of aliphatic hydroxyl groups is 3. The Hall–Kier alpha value is -5.44. The molecule has 2 saturated carbocycles. The second kappa shape index (κ2) is 15.5. The van der Waals surface area contributed by atoms with Crippen LogP contribution in [0, 0.1) is 17.3 Å². The highest BCUT2D eigenvalue weighted by Crippen LogP contribution is 2.70. The number of cyclic esters (lactones) is 1. The molecule has 2 aromatic rings. The van der Waals surface area contributed by atoms with Crippen molar-refractivity contribution in [3.05, 3.63) is 53.7 Å². The fourth-order valence-corrected chi connectivity index (χ4v) is 9.44. The summed E-state index contributed by atoms with van der Waals surface area (Å²) in [5, 5.41) is 36.6. The van der Waals surface area contributed by atoms with Gasteiger partial charge in [-0.05, 0) is 51.5 Å². The lowest BCUT2D eigenvalue weighted by atomic mass is 9.45. The fourth-order valence-electron chi connectivity index (χ4n) is 9.44. The van der Waals surface area contributed by atoms with E-state index in [0.717, 1.165) is 47.8 Å². The van der Waals surface area contributed by atoms with Crippen LogP contribution in [-0.2, 0) is 68.3 Å². The summed E-state index contributed by atoms with van der Waals surface area (Å²) < 4.78 is 54.1. The molecule has 0 radical (unpaired) electrons. The first-order valence-corrected chi connectivity index (χ1v) is 19.0. The van der Waals surface area contributed by atoms with Crippen molar-refractivity contribution < 1.29 is 91.2 Å². The molecule has 4 aliphatic rings. The highest BCUT2D eigenvalue weighted by Gasteiger charge is 2.92. The molecule has 20 nitrogen and oxygen atoms in total. The van der Waals surface area contributed by atoms with Gasteiger partial charge in [0.2, 0.25) is 5.76 Å². The number of ether oxygens (including phenoxy) is 8. The number of rotatable bonds is 7. The number of carbonyl (C=O) groups is 7. The predicted octanol–water partition coefficient (Wildman–Crippen LogP) is 0.540. The van der Waals surface area contributed by atoms with Gasteiger partial charge >= 0.3 is 41.8 Å². The number of fused-ring (bicyclic) bond motifs is 4. The lowest BCUT2D eigenvalue weighted by Gasteiger charge is -2.67. The van der Waals surface area contributed by atoms with Crippen LogP contribution < -0.4 is 0 Å². The van der Waals surface area contributed by atoms with Crippen LogP contribution in [0.3, 0.4) is 0 Å². The maximum absolute atomic E-state index is 14.6. The summed E-state index contributed by atoms with van der Waals surface area (Å²) in [5.74, 6) is -11.1. The highest BCUT2D eigenvalue weighted by molar-refractivity contribution is 5.91. The van der Waals surface area contributed by atoms with Crippen molar-refractivity contribution in [1.82, 2.24) is 4.98 Å². The molecular weight excluding hydrogens is 798 g/mol. The van der Waals surface area contributed by atoms with Gasteiger partial charge in [0, 0.05) is 39.8 Å². The maximum atomic E-state index is 14.6. The minimum Gasteiger partial charge on any atom is -0.465 e. The third-order valence-electron chi connectivity index (χ3n) is 12.3. The summed E-state index contributed by atoms with van der Waals surface area (Å²) >= 11 is 0. The van der Waals surface area contributed by atoms with Gasteiger partial charge in [-0.15, -0.1) is 0 Å². The minimum atomic E-state index is -2.85. The average Bonchev–Trinajstić information content (AvgIpc) is 3.78. The number of nitrogens with zero attached hydrogens (tertiary/aromatic N) is 1.